The van der Waals surface area contributed by atoms with Gasteiger partial charge in [0.1, 0.15) is 6.61 Å². The molecule has 0 heterocycles. The molecule has 0 amide bonds. The Kier molecular flexibility index (Phi) is 3.48. The summed E-state index contributed by atoms with van der Waals surface area (Å²) in [7, 11) is 0. The number of hydrogen-bond donors (Lipinski definition) is 0. The number of hydrogen-bond acceptors (Lipinski definition) is 2. The zero-order valence-electron chi connectivity index (χ0n) is 8.93. The molecule has 2 nitrogen and oxygen atoms in total. The van der Waals surface area contributed by atoms with E-state index < -0.39 is 0 Å². The van der Waals surface area contributed by atoms with Gasteiger partial charge in [-0.15, -0.1) is 0 Å². The summed E-state index contributed by atoms with van der Waals surface area (Å²) in [6, 6.07) is 0. The second-order valence-electron chi connectivity index (χ2n) is 4.57. The Hall–Kier alpha value is -0.370. The van der Waals surface area contributed by atoms with Crippen LogP contribution in [0.5, 0.6) is 0 Å². The molecule has 0 saturated heterocycles. The van der Waals surface area contributed by atoms with Gasteiger partial charge in [-0.25, -0.2) is 0 Å². The number of rotatable bonds is 4. The second-order valence-corrected chi connectivity index (χ2v) is 4.57. The van der Waals surface area contributed by atoms with Crippen molar-refractivity contribution in [3.05, 3.63) is 0 Å². The van der Waals surface area contributed by atoms with E-state index in [0.717, 1.165) is 12.8 Å². The van der Waals surface area contributed by atoms with E-state index >= 15 is 0 Å². The van der Waals surface area contributed by atoms with Gasteiger partial charge in [0.25, 0.3) is 0 Å². The first-order valence-corrected chi connectivity index (χ1v) is 5.20. The molecule has 0 spiro atoms. The molecule has 0 bridgehead atoms. The minimum atomic E-state index is -0.00937. The second kappa shape index (κ2) is 4.23. The standard InChI is InChI=1S/C11H20O2/c1-9(2)10(12)8-13-11(3)6-4-5-7-11/h9H,4-8H2,1-3H3. The van der Waals surface area contributed by atoms with E-state index in [1.807, 2.05) is 13.8 Å². The summed E-state index contributed by atoms with van der Waals surface area (Å²) in [6.07, 6.45) is 4.70. The summed E-state index contributed by atoms with van der Waals surface area (Å²) in [4.78, 5) is 11.3. The van der Waals surface area contributed by atoms with Crippen LogP contribution in [-0.4, -0.2) is 18.0 Å². The molecule has 1 rings (SSSR count). The third-order valence-electron chi connectivity index (χ3n) is 2.87. The highest BCUT2D eigenvalue weighted by Gasteiger charge is 2.30. The Morgan fingerprint density at radius 2 is 1.92 bits per heavy atom. The number of Topliss-reactive ketones (excluding diaryl/α,β-unsaturated/α-hetero) is 1. The fourth-order valence-electron chi connectivity index (χ4n) is 1.68. The molecule has 0 aromatic heterocycles. The molecule has 1 aliphatic carbocycles. The zero-order chi connectivity index (χ0) is 9.90. The van der Waals surface area contributed by atoms with Gasteiger partial charge in [0.2, 0.25) is 0 Å². The molecule has 1 saturated carbocycles. The molecule has 1 aliphatic rings. The lowest BCUT2D eigenvalue weighted by Crippen LogP contribution is -2.29. The van der Waals surface area contributed by atoms with Crippen molar-refractivity contribution in [2.75, 3.05) is 6.61 Å². The number of ether oxygens (including phenoxy) is 1. The normalized spacial score (nSPS) is 20.9. The Morgan fingerprint density at radius 1 is 1.38 bits per heavy atom. The zero-order valence-corrected chi connectivity index (χ0v) is 8.93. The number of carbonyl (C=O) groups excluding carboxylic acids is 1. The van der Waals surface area contributed by atoms with Crippen molar-refractivity contribution in [2.24, 2.45) is 5.92 Å². The van der Waals surface area contributed by atoms with Crippen LogP contribution >= 0.6 is 0 Å². The van der Waals surface area contributed by atoms with Crippen molar-refractivity contribution in [1.29, 1.82) is 0 Å². The average molecular weight is 184 g/mol. The smallest absolute Gasteiger partial charge is 0.161 e. The maximum absolute atomic E-state index is 11.3. The summed E-state index contributed by atoms with van der Waals surface area (Å²) < 4.78 is 5.66. The molecule has 13 heavy (non-hydrogen) atoms. The van der Waals surface area contributed by atoms with E-state index in [4.69, 9.17) is 4.74 Å². The molecule has 0 unspecified atom stereocenters. The van der Waals surface area contributed by atoms with Gasteiger partial charge >= 0.3 is 0 Å². The number of ketones is 1. The first-order valence-electron chi connectivity index (χ1n) is 5.20. The minimum absolute atomic E-state index is 0.00937. The van der Waals surface area contributed by atoms with E-state index in [-0.39, 0.29) is 17.3 Å². The van der Waals surface area contributed by atoms with Gasteiger partial charge in [0.15, 0.2) is 5.78 Å². The van der Waals surface area contributed by atoms with Crippen molar-refractivity contribution in [3.8, 4) is 0 Å². The van der Waals surface area contributed by atoms with Gasteiger partial charge in [-0.05, 0) is 19.8 Å². The predicted octanol–water partition coefficient (Wildman–Crippen LogP) is 2.56. The van der Waals surface area contributed by atoms with Crippen LogP contribution in [0, 0.1) is 5.92 Å². The van der Waals surface area contributed by atoms with Crippen LogP contribution in [0.4, 0.5) is 0 Å². The summed E-state index contributed by atoms with van der Waals surface area (Å²) in [5.74, 6) is 0.318. The van der Waals surface area contributed by atoms with Gasteiger partial charge in [-0.1, -0.05) is 26.7 Å². The minimum Gasteiger partial charge on any atom is -0.368 e. The highest BCUT2D eigenvalue weighted by atomic mass is 16.5. The first-order chi connectivity index (χ1) is 6.03. The molecule has 0 N–H and O–H groups in total. The Balaban J connectivity index is 2.29. The summed E-state index contributed by atoms with van der Waals surface area (Å²) >= 11 is 0. The highest BCUT2D eigenvalue weighted by Crippen LogP contribution is 2.32. The van der Waals surface area contributed by atoms with E-state index in [1.165, 1.54) is 12.8 Å². The largest absolute Gasteiger partial charge is 0.368 e. The van der Waals surface area contributed by atoms with Crippen molar-refractivity contribution in [1.82, 2.24) is 0 Å². The van der Waals surface area contributed by atoms with Crippen LogP contribution in [0.2, 0.25) is 0 Å². The molecule has 76 valence electrons. The summed E-state index contributed by atoms with van der Waals surface area (Å²) in [5, 5.41) is 0. The summed E-state index contributed by atoms with van der Waals surface area (Å²) in [6.45, 7) is 6.26. The van der Waals surface area contributed by atoms with Crippen molar-refractivity contribution in [3.63, 3.8) is 0 Å². The van der Waals surface area contributed by atoms with Crippen LogP contribution in [0.25, 0.3) is 0 Å². The Bertz CT molecular complexity index is 179. The van der Waals surface area contributed by atoms with Gasteiger partial charge in [-0.3, -0.25) is 4.79 Å². The Labute approximate surface area is 80.7 Å². The third-order valence-corrected chi connectivity index (χ3v) is 2.87. The lowest BCUT2D eigenvalue weighted by Gasteiger charge is -2.24. The van der Waals surface area contributed by atoms with Crippen molar-refractivity contribution in [2.45, 2.75) is 52.1 Å². The third kappa shape index (κ3) is 3.11. The maximum Gasteiger partial charge on any atom is 0.161 e. The first kappa shape index (κ1) is 10.7. The van der Waals surface area contributed by atoms with Crippen LogP contribution in [0.15, 0.2) is 0 Å². The van der Waals surface area contributed by atoms with E-state index in [1.54, 1.807) is 0 Å². The molecule has 0 aliphatic heterocycles. The summed E-state index contributed by atoms with van der Waals surface area (Å²) in [5.41, 5.74) is -0.00937. The quantitative estimate of drug-likeness (QED) is 0.671. The van der Waals surface area contributed by atoms with Gasteiger partial charge in [-0.2, -0.15) is 0 Å². The van der Waals surface area contributed by atoms with Crippen LogP contribution in [-0.2, 0) is 9.53 Å². The van der Waals surface area contributed by atoms with E-state index in [2.05, 4.69) is 6.92 Å². The lowest BCUT2D eigenvalue weighted by molar-refractivity contribution is -0.132. The fraction of sp³-hybridized carbons (Fsp3) is 0.909. The fourth-order valence-corrected chi connectivity index (χ4v) is 1.68. The molecule has 2 heteroatoms. The van der Waals surface area contributed by atoms with Crippen LogP contribution < -0.4 is 0 Å². The molecule has 1 fully saturated rings. The molecule has 0 aromatic carbocycles. The molecular formula is C11H20O2. The molecule has 0 radical (unpaired) electrons. The SMILES string of the molecule is CC(C)C(=O)COC1(C)CCCC1. The van der Waals surface area contributed by atoms with Gasteiger partial charge < -0.3 is 4.74 Å². The van der Waals surface area contributed by atoms with Gasteiger partial charge in [0, 0.05) is 5.92 Å². The molecule has 0 aromatic rings. The highest BCUT2D eigenvalue weighted by molar-refractivity contribution is 5.81. The van der Waals surface area contributed by atoms with Gasteiger partial charge in [0.05, 0.1) is 5.60 Å². The molecule has 0 atom stereocenters. The van der Waals surface area contributed by atoms with Crippen LogP contribution in [0.1, 0.15) is 46.5 Å². The Morgan fingerprint density at radius 3 is 2.38 bits per heavy atom. The van der Waals surface area contributed by atoms with Crippen molar-refractivity contribution >= 4 is 5.78 Å². The molecular weight excluding hydrogens is 164 g/mol. The topological polar surface area (TPSA) is 26.3 Å². The monoisotopic (exact) mass is 184 g/mol. The average Bonchev–Trinajstić information content (AvgIpc) is 2.48. The van der Waals surface area contributed by atoms with E-state index in [9.17, 15) is 4.79 Å². The lowest BCUT2D eigenvalue weighted by atomic mass is 10.1. The van der Waals surface area contributed by atoms with Crippen LogP contribution in [0.3, 0.4) is 0 Å². The number of carbonyl (C=O) groups is 1. The maximum atomic E-state index is 11.3. The predicted molar refractivity (Wildman–Crippen MR) is 52.7 cm³/mol. The van der Waals surface area contributed by atoms with Crippen molar-refractivity contribution < 1.29 is 9.53 Å². The van der Waals surface area contributed by atoms with E-state index in [0.29, 0.717) is 6.61 Å².